The van der Waals surface area contributed by atoms with Crippen LogP contribution in [0.4, 0.5) is 0 Å². The van der Waals surface area contributed by atoms with Gasteiger partial charge in [0.15, 0.2) is 5.16 Å². The van der Waals surface area contributed by atoms with Crippen molar-refractivity contribution in [1.82, 2.24) is 19.4 Å². The molecule has 0 spiro atoms. The highest BCUT2D eigenvalue weighted by atomic mass is 32.2. The lowest BCUT2D eigenvalue weighted by molar-refractivity contribution is -0.129. The molecular formula is C20H30N4O2S. The molecule has 0 bridgehead atoms. The summed E-state index contributed by atoms with van der Waals surface area (Å²) in [6, 6.07) is 2.27. The van der Waals surface area contributed by atoms with E-state index >= 15 is 0 Å². The van der Waals surface area contributed by atoms with Crippen LogP contribution in [0.25, 0.3) is 11.0 Å². The van der Waals surface area contributed by atoms with Gasteiger partial charge < -0.3 is 9.88 Å². The Bertz CT molecular complexity index is 867. The molecule has 7 heteroatoms. The number of nitrogens with one attached hydrogen (secondary N) is 1. The highest BCUT2D eigenvalue weighted by molar-refractivity contribution is 7.99. The zero-order chi connectivity index (χ0) is 19.6. The number of hydrogen-bond acceptors (Lipinski definition) is 4. The van der Waals surface area contributed by atoms with Crippen LogP contribution in [-0.2, 0) is 4.79 Å². The van der Waals surface area contributed by atoms with Crippen molar-refractivity contribution in [2.24, 2.45) is 0 Å². The van der Waals surface area contributed by atoms with Gasteiger partial charge in [-0.3, -0.25) is 14.2 Å². The van der Waals surface area contributed by atoms with E-state index in [4.69, 9.17) is 4.98 Å². The Morgan fingerprint density at radius 1 is 1.41 bits per heavy atom. The van der Waals surface area contributed by atoms with E-state index in [1.165, 1.54) is 31.0 Å². The summed E-state index contributed by atoms with van der Waals surface area (Å²) in [7, 11) is 1.91. The fourth-order valence-corrected chi connectivity index (χ4v) is 4.78. The number of carbonyl (C=O) groups excluding carboxylic acids is 1. The maximum Gasteiger partial charge on any atom is 0.278 e. The minimum absolute atomic E-state index is 0.0340. The molecule has 0 aliphatic heterocycles. The van der Waals surface area contributed by atoms with E-state index in [0.29, 0.717) is 28.0 Å². The number of aryl methyl sites for hydroxylation is 1. The molecular weight excluding hydrogens is 360 g/mol. The number of aromatic amines is 1. The first-order chi connectivity index (χ1) is 12.9. The Labute approximate surface area is 164 Å². The van der Waals surface area contributed by atoms with Gasteiger partial charge in [0, 0.05) is 24.8 Å². The molecule has 3 rings (SSSR count). The number of rotatable bonds is 6. The average Bonchev–Trinajstić information content (AvgIpc) is 3.06. The van der Waals surface area contributed by atoms with E-state index < -0.39 is 0 Å². The summed E-state index contributed by atoms with van der Waals surface area (Å²) in [6.07, 6.45) is 6.70. The molecule has 27 heavy (non-hydrogen) atoms. The molecule has 1 N–H and O–H groups in total. The van der Waals surface area contributed by atoms with Crippen LogP contribution < -0.4 is 5.56 Å². The molecule has 2 aromatic heterocycles. The lowest BCUT2D eigenvalue weighted by Gasteiger charge is -2.31. The topological polar surface area (TPSA) is 71.0 Å². The van der Waals surface area contributed by atoms with Crippen LogP contribution in [0.2, 0.25) is 0 Å². The van der Waals surface area contributed by atoms with Gasteiger partial charge in [0.1, 0.15) is 5.52 Å². The fraction of sp³-hybridized carbons (Fsp3) is 0.650. The lowest BCUT2D eigenvalue weighted by Crippen LogP contribution is -2.39. The number of aromatic nitrogens is 3. The molecule has 2 aromatic rings. The van der Waals surface area contributed by atoms with E-state index in [1.807, 2.05) is 31.9 Å². The largest absolute Gasteiger partial charge is 0.353 e. The Morgan fingerprint density at radius 2 is 2.11 bits per heavy atom. The number of thioether (sulfide) groups is 1. The molecule has 1 atom stereocenters. The zero-order valence-corrected chi connectivity index (χ0v) is 17.6. The molecule has 0 aromatic carbocycles. The van der Waals surface area contributed by atoms with Crippen molar-refractivity contribution >= 4 is 28.7 Å². The molecule has 148 valence electrons. The second-order valence-corrected chi connectivity index (χ2v) is 8.57. The number of fused-ring (bicyclic) bond motifs is 1. The van der Waals surface area contributed by atoms with Gasteiger partial charge >= 0.3 is 0 Å². The number of hydrogen-bond donors (Lipinski definition) is 1. The smallest absolute Gasteiger partial charge is 0.278 e. The molecule has 1 amide bonds. The lowest BCUT2D eigenvalue weighted by atomic mass is 9.94. The molecule has 2 heterocycles. The average molecular weight is 391 g/mol. The third-order valence-electron chi connectivity index (χ3n) is 5.66. The first kappa shape index (κ1) is 20.0. The van der Waals surface area contributed by atoms with Crippen LogP contribution in [0.3, 0.4) is 0 Å². The predicted octanol–water partition coefficient (Wildman–Crippen LogP) is 3.89. The van der Waals surface area contributed by atoms with Gasteiger partial charge in [0.25, 0.3) is 5.56 Å². The molecule has 1 fully saturated rings. The van der Waals surface area contributed by atoms with Gasteiger partial charge in [-0.25, -0.2) is 4.98 Å². The van der Waals surface area contributed by atoms with E-state index in [9.17, 15) is 9.59 Å². The Kier molecular flexibility index (Phi) is 6.29. The van der Waals surface area contributed by atoms with Crippen molar-refractivity contribution < 1.29 is 4.79 Å². The summed E-state index contributed by atoms with van der Waals surface area (Å²) in [6.45, 7) is 5.99. The summed E-state index contributed by atoms with van der Waals surface area (Å²) in [4.78, 5) is 35.4. The molecule has 1 aliphatic rings. The highest BCUT2D eigenvalue weighted by Crippen LogP contribution is 2.25. The summed E-state index contributed by atoms with van der Waals surface area (Å²) >= 11 is 1.38. The van der Waals surface area contributed by atoms with Crippen LogP contribution in [-0.4, -0.2) is 44.2 Å². The molecule has 6 nitrogen and oxygen atoms in total. The van der Waals surface area contributed by atoms with Crippen LogP contribution in [0.5, 0.6) is 0 Å². The number of carbonyl (C=O) groups is 1. The van der Waals surface area contributed by atoms with Gasteiger partial charge in [0.05, 0.1) is 11.3 Å². The minimum Gasteiger partial charge on any atom is -0.353 e. The maximum absolute atomic E-state index is 13.0. The number of nitrogens with zero attached hydrogens (tertiary/aromatic N) is 3. The van der Waals surface area contributed by atoms with E-state index in [2.05, 4.69) is 11.9 Å². The van der Waals surface area contributed by atoms with Crippen LogP contribution in [0.15, 0.2) is 16.0 Å². The van der Waals surface area contributed by atoms with Crippen LogP contribution in [0.1, 0.15) is 64.1 Å². The summed E-state index contributed by atoms with van der Waals surface area (Å²) in [5.74, 6) is 0.423. The normalized spacial score (nSPS) is 16.6. The standard InChI is InChI=1S/C20H30N4O2S/c1-5-14(3)24-19(26)18-16(11-13(2)21-18)22-20(24)27-12-17(25)23(4)15-9-7-6-8-10-15/h11,14-15,21H,5-10,12H2,1-4H3. The zero-order valence-electron chi connectivity index (χ0n) is 16.7. The third-order valence-corrected chi connectivity index (χ3v) is 6.60. The predicted molar refractivity (Wildman–Crippen MR) is 110 cm³/mol. The molecule has 0 saturated heterocycles. The monoisotopic (exact) mass is 390 g/mol. The van der Waals surface area contributed by atoms with Gasteiger partial charge in [0.2, 0.25) is 5.91 Å². The number of H-pyrrole nitrogens is 1. The highest BCUT2D eigenvalue weighted by Gasteiger charge is 2.23. The van der Waals surface area contributed by atoms with Gasteiger partial charge in [-0.2, -0.15) is 0 Å². The number of amides is 1. The van der Waals surface area contributed by atoms with Crippen molar-refractivity contribution in [2.45, 2.75) is 76.5 Å². The van der Waals surface area contributed by atoms with E-state index in [-0.39, 0.29) is 17.5 Å². The van der Waals surface area contributed by atoms with Crippen molar-refractivity contribution in [1.29, 1.82) is 0 Å². The quantitative estimate of drug-likeness (QED) is 0.600. The van der Waals surface area contributed by atoms with Gasteiger partial charge in [-0.05, 0) is 39.2 Å². The van der Waals surface area contributed by atoms with Crippen LogP contribution >= 0.6 is 11.8 Å². The molecule has 0 radical (unpaired) electrons. The second-order valence-electron chi connectivity index (χ2n) is 7.62. The van der Waals surface area contributed by atoms with Crippen molar-refractivity contribution in [2.75, 3.05) is 12.8 Å². The van der Waals surface area contributed by atoms with Crippen molar-refractivity contribution in [3.63, 3.8) is 0 Å². The van der Waals surface area contributed by atoms with Crippen molar-refractivity contribution in [3.05, 3.63) is 22.1 Å². The maximum atomic E-state index is 13.0. The Balaban J connectivity index is 1.82. The summed E-state index contributed by atoms with van der Waals surface area (Å²) < 4.78 is 1.73. The fourth-order valence-electron chi connectivity index (χ4n) is 3.76. The third kappa shape index (κ3) is 4.23. The molecule has 1 saturated carbocycles. The van der Waals surface area contributed by atoms with Crippen LogP contribution in [0, 0.1) is 6.92 Å². The van der Waals surface area contributed by atoms with Gasteiger partial charge in [-0.15, -0.1) is 0 Å². The molecule has 1 unspecified atom stereocenters. The summed E-state index contributed by atoms with van der Waals surface area (Å²) in [5, 5.41) is 0.631. The molecule has 1 aliphatic carbocycles. The Morgan fingerprint density at radius 3 is 2.78 bits per heavy atom. The van der Waals surface area contributed by atoms with E-state index in [0.717, 1.165) is 25.0 Å². The second kappa shape index (κ2) is 8.50. The SMILES string of the molecule is CCC(C)n1c(SCC(=O)N(C)C2CCCCC2)nc2cc(C)[nH]c2c1=O. The summed E-state index contributed by atoms with van der Waals surface area (Å²) in [5.41, 5.74) is 2.08. The van der Waals surface area contributed by atoms with E-state index in [1.54, 1.807) is 4.57 Å². The Hall–Kier alpha value is -1.76. The van der Waals surface area contributed by atoms with Gasteiger partial charge in [-0.1, -0.05) is 37.9 Å². The van der Waals surface area contributed by atoms with Crippen molar-refractivity contribution in [3.8, 4) is 0 Å². The first-order valence-corrected chi connectivity index (χ1v) is 10.9. The first-order valence-electron chi connectivity index (χ1n) is 9.92. The minimum atomic E-state index is -0.0574.